The zero-order valence-corrected chi connectivity index (χ0v) is 17.5. The van der Waals surface area contributed by atoms with E-state index in [2.05, 4.69) is 10.5 Å². The van der Waals surface area contributed by atoms with Gasteiger partial charge in [0, 0.05) is 11.6 Å². The van der Waals surface area contributed by atoms with Gasteiger partial charge in [0.1, 0.15) is 5.69 Å². The van der Waals surface area contributed by atoms with E-state index in [-0.39, 0.29) is 23.8 Å². The zero-order valence-electron chi connectivity index (χ0n) is 16.7. The summed E-state index contributed by atoms with van der Waals surface area (Å²) in [7, 11) is -3.31. The van der Waals surface area contributed by atoms with Crippen molar-refractivity contribution in [3.8, 4) is 11.3 Å². The van der Waals surface area contributed by atoms with Gasteiger partial charge in [-0.25, -0.2) is 8.42 Å². The van der Waals surface area contributed by atoms with Crippen LogP contribution in [-0.4, -0.2) is 24.7 Å². The SMILES string of the molecule is Cc1ccc(-c2cc(CNC(=O)Cc3ccc(S(=O)(=O)C(C)C)cc3)no2)cc1. The Balaban J connectivity index is 1.56. The number of hydrogen-bond acceptors (Lipinski definition) is 5. The molecule has 3 rings (SSSR count). The molecule has 1 aromatic heterocycles. The van der Waals surface area contributed by atoms with Crippen molar-refractivity contribution in [1.82, 2.24) is 10.5 Å². The summed E-state index contributed by atoms with van der Waals surface area (Å²) in [6, 6.07) is 16.1. The quantitative estimate of drug-likeness (QED) is 0.639. The number of aromatic nitrogens is 1. The first kappa shape index (κ1) is 20.8. The number of nitrogens with zero attached hydrogens (tertiary/aromatic N) is 1. The largest absolute Gasteiger partial charge is 0.356 e. The van der Waals surface area contributed by atoms with Gasteiger partial charge in [0.15, 0.2) is 15.6 Å². The minimum Gasteiger partial charge on any atom is -0.356 e. The molecule has 2 aromatic carbocycles. The molecule has 0 atom stereocenters. The summed E-state index contributed by atoms with van der Waals surface area (Å²) in [4.78, 5) is 12.5. The number of aryl methyl sites for hydroxylation is 1. The van der Waals surface area contributed by atoms with Crippen LogP contribution >= 0.6 is 0 Å². The Hall–Kier alpha value is -2.93. The second kappa shape index (κ2) is 8.61. The summed E-state index contributed by atoms with van der Waals surface area (Å²) in [6.07, 6.45) is 0.157. The van der Waals surface area contributed by atoms with Gasteiger partial charge in [-0.15, -0.1) is 0 Å². The number of sulfone groups is 1. The summed E-state index contributed by atoms with van der Waals surface area (Å²) in [5.41, 5.74) is 3.46. The maximum absolute atomic E-state index is 12.2. The van der Waals surface area contributed by atoms with Crippen molar-refractivity contribution in [2.75, 3.05) is 0 Å². The summed E-state index contributed by atoms with van der Waals surface area (Å²) < 4.78 is 29.6. The third-order valence-corrected chi connectivity index (χ3v) is 6.77. The van der Waals surface area contributed by atoms with E-state index < -0.39 is 15.1 Å². The highest BCUT2D eigenvalue weighted by Crippen LogP contribution is 2.21. The number of nitrogens with one attached hydrogen (secondary N) is 1. The number of hydrogen-bond donors (Lipinski definition) is 1. The highest BCUT2D eigenvalue weighted by atomic mass is 32.2. The second-order valence-corrected chi connectivity index (χ2v) is 9.74. The Labute approximate surface area is 170 Å². The summed E-state index contributed by atoms with van der Waals surface area (Å²) in [5.74, 6) is 0.473. The smallest absolute Gasteiger partial charge is 0.224 e. The molecule has 0 fully saturated rings. The first-order chi connectivity index (χ1) is 13.8. The highest BCUT2D eigenvalue weighted by molar-refractivity contribution is 7.92. The van der Waals surface area contributed by atoms with Gasteiger partial charge in [0.05, 0.1) is 23.1 Å². The van der Waals surface area contributed by atoms with E-state index in [4.69, 9.17) is 4.52 Å². The third kappa shape index (κ3) is 5.12. The van der Waals surface area contributed by atoms with E-state index in [1.54, 1.807) is 44.2 Å². The Kier molecular flexibility index (Phi) is 6.17. The average molecular weight is 413 g/mol. The zero-order chi connectivity index (χ0) is 21.0. The second-order valence-electron chi connectivity index (χ2n) is 7.24. The van der Waals surface area contributed by atoms with Crippen LogP contribution < -0.4 is 5.32 Å². The van der Waals surface area contributed by atoms with Gasteiger partial charge in [-0.05, 0) is 38.5 Å². The van der Waals surface area contributed by atoms with E-state index >= 15 is 0 Å². The number of carbonyl (C=O) groups is 1. The number of amides is 1. The highest BCUT2D eigenvalue weighted by Gasteiger charge is 2.18. The van der Waals surface area contributed by atoms with Crippen molar-refractivity contribution in [3.05, 3.63) is 71.4 Å². The normalized spacial score (nSPS) is 11.6. The molecular weight excluding hydrogens is 388 g/mol. The molecule has 0 aliphatic rings. The molecule has 1 N–H and O–H groups in total. The van der Waals surface area contributed by atoms with Gasteiger partial charge in [-0.2, -0.15) is 0 Å². The van der Waals surface area contributed by atoms with Gasteiger partial charge < -0.3 is 9.84 Å². The van der Waals surface area contributed by atoms with Crippen LogP contribution in [-0.2, 0) is 27.6 Å². The molecule has 7 heteroatoms. The van der Waals surface area contributed by atoms with Gasteiger partial charge in [0.2, 0.25) is 5.91 Å². The topological polar surface area (TPSA) is 89.3 Å². The number of rotatable bonds is 7. The molecule has 0 spiro atoms. The maximum Gasteiger partial charge on any atom is 0.224 e. The lowest BCUT2D eigenvalue weighted by molar-refractivity contribution is -0.120. The molecule has 0 aliphatic carbocycles. The van der Waals surface area contributed by atoms with E-state index in [0.717, 1.165) is 16.7 Å². The molecule has 0 aliphatic heterocycles. The predicted molar refractivity (Wildman–Crippen MR) is 111 cm³/mol. The molecule has 0 bridgehead atoms. The molecule has 0 saturated heterocycles. The van der Waals surface area contributed by atoms with Crippen LogP contribution in [0, 0.1) is 6.92 Å². The molecule has 6 nitrogen and oxygen atoms in total. The molecule has 0 radical (unpaired) electrons. The standard InChI is InChI=1S/C22H24N2O4S/c1-15(2)29(26,27)20-10-6-17(7-11-20)12-22(25)23-14-19-13-21(28-24-19)18-8-4-16(3)5-9-18/h4-11,13,15H,12,14H2,1-3H3,(H,23,25). The van der Waals surface area contributed by atoms with Gasteiger partial charge in [-0.1, -0.05) is 47.1 Å². The fraction of sp³-hybridized carbons (Fsp3) is 0.273. The van der Waals surface area contributed by atoms with E-state index in [1.807, 2.05) is 31.2 Å². The van der Waals surface area contributed by atoms with Crippen LogP contribution in [0.5, 0.6) is 0 Å². The summed E-state index contributed by atoms with van der Waals surface area (Å²) >= 11 is 0. The average Bonchev–Trinajstić information content (AvgIpc) is 3.16. The molecule has 1 heterocycles. The Morgan fingerprint density at radius 1 is 1.07 bits per heavy atom. The van der Waals surface area contributed by atoms with Crippen LogP contribution in [0.2, 0.25) is 0 Å². The lowest BCUT2D eigenvalue weighted by Gasteiger charge is -2.08. The first-order valence-electron chi connectivity index (χ1n) is 9.38. The van der Waals surface area contributed by atoms with E-state index in [9.17, 15) is 13.2 Å². The lowest BCUT2D eigenvalue weighted by Crippen LogP contribution is -2.24. The Morgan fingerprint density at radius 2 is 1.72 bits per heavy atom. The first-order valence-corrected chi connectivity index (χ1v) is 10.9. The van der Waals surface area contributed by atoms with Crippen molar-refractivity contribution in [2.45, 2.75) is 43.9 Å². The number of benzene rings is 2. The van der Waals surface area contributed by atoms with Crippen LogP contribution in [0.1, 0.15) is 30.7 Å². The maximum atomic E-state index is 12.2. The number of carbonyl (C=O) groups excluding carboxylic acids is 1. The molecule has 0 unspecified atom stereocenters. The van der Waals surface area contributed by atoms with Crippen LogP contribution in [0.15, 0.2) is 64.0 Å². The van der Waals surface area contributed by atoms with E-state index in [1.165, 1.54) is 0 Å². The van der Waals surface area contributed by atoms with Gasteiger partial charge >= 0.3 is 0 Å². The van der Waals surface area contributed by atoms with Crippen molar-refractivity contribution >= 4 is 15.7 Å². The van der Waals surface area contributed by atoms with Gasteiger partial charge in [0.25, 0.3) is 0 Å². The van der Waals surface area contributed by atoms with Crippen molar-refractivity contribution in [3.63, 3.8) is 0 Å². The molecule has 1 amide bonds. The Morgan fingerprint density at radius 3 is 2.34 bits per heavy atom. The van der Waals surface area contributed by atoms with E-state index in [0.29, 0.717) is 11.5 Å². The minimum absolute atomic E-state index is 0.157. The molecular formula is C22H24N2O4S. The van der Waals surface area contributed by atoms with Crippen LogP contribution in [0.4, 0.5) is 0 Å². The Bertz CT molecular complexity index is 1080. The molecule has 0 saturated carbocycles. The molecule has 3 aromatic rings. The molecule has 152 valence electrons. The fourth-order valence-corrected chi connectivity index (χ4v) is 3.81. The summed E-state index contributed by atoms with van der Waals surface area (Å²) in [5, 5.41) is 6.31. The third-order valence-electron chi connectivity index (χ3n) is 4.60. The van der Waals surface area contributed by atoms with Crippen molar-refractivity contribution in [2.24, 2.45) is 0 Å². The van der Waals surface area contributed by atoms with Crippen LogP contribution in [0.25, 0.3) is 11.3 Å². The lowest BCUT2D eigenvalue weighted by atomic mass is 10.1. The van der Waals surface area contributed by atoms with Crippen molar-refractivity contribution < 1.29 is 17.7 Å². The van der Waals surface area contributed by atoms with Gasteiger partial charge in [-0.3, -0.25) is 4.79 Å². The van der Waals surface area contributed by atoms with Crippen LogP contribution in [0.3, 0.4) is 0 Å². The van der Waals surface area contributed by atoms with Crippen molar-refractivity contribution in [1.29, 1.82) is 0 Å². The minimum atomic E-state index is -3.31. The monoisotopic (exact) mass is 412 g/mol. The fourth-order valence-electron chi connectivity index (χ4n) is 2.76. The molecule has 29 heavy (non-hydrogen) atoms. The summed E-state index contributed by atoms with van der Waals surface area (Å²) in [6.45, 7) is 5.56. The predicted octanol–water partition coefficient (Wildman–Crippen LogP) is 3.69.